The van der Waals surface area contributed by atoms with E-state index in [0.29, 0.717) is 0 Å². The van der Waals surface area contributed by atoms with E-state index in [2.05, 4.69) is 6.92 Å². The molecule has 0 radical (unpaired) electrons. The molecule has 1 rings (SSSR count). The van der Waals surface area contributed by atoms with Crippen LogP contribution in [0.4, 0.5) is 0 Å². The molecule has 1 unspecified atom stereocenters. The third kappa shape index (κ3) is 9.48. The second-order valence-electron chi connectivity index (χ2n) is 7.38. The average Bonchev–Trinajstić information content (AvgIpc) is 2.53. The Kier molecular flexibility index (Phi) is 11.5. The van der Waals surface area contributed by atoms with Gasteiger partial charge in [-0.3, -0.25) is 4.79 Å². The van der Waals surface area contributed by atoms with Crippen LogP contribution in [0.25, 0.3) is 0 Å². The first-order valence-electron chi connectivity index (χ1n) is 9.96. The number of unbranched alkanes of at least 4 members (excludes halogenated alkanes) is 6. The van der Waals surface area contributed by atoms with Gasteiger partial charge >= 0.3 is 5.97 Å². The van der Waals surface area contributed by atoms with Gasteiger partial charge < -0.3 is 5.11 Å². The van der Waals surface area contributed by atoms with Gasteiger partial charge in [-0.1, -0.05) is 96.8 Å². The minimum atomic E-state index is -0.571. The predicted molar refractivity (Wildman–Crippen MR) is 94.2 cm³/mol. The fourth-order valence-electron chi connectivity index (χ4n) is 3.86. The number of rotatable bonds is 13. The van der Waals surface area contributed by atoms with Crippen molar-refractivity contribution in [3.63, 3.8) is 0 Å². The molecule has 130 valence electrons. The Morgan fingerprint density at radius 2 is 1.50 bits per heavy atom. The Bertz CT molecular complexity index is 269. The quantitative estimate of drug-likeness (QED) is 0.390. The van der Waals surface area contributed by atoms with Crippen molar-refractivity contribution in [1.82, 2.24) is 0 Å². The maximum absolute atomic E-state index is 11.3. The van der Waals surface area contributed by atoms with E-state index in [0.717, 1.165) is 31.6 Å². The van der Waals surface area contributed by atoms with Crippen molar-refractivity contribution in [2.45, 2.75) is 110 Å². The maximum Gasteiger partial charge on any atom is 0.306 e. The zero-order valence-corrected chi connectivity index (χ0v) is 14.8. The number of carboxylic acid groups (broad SMARTS) is 1. The molecule has 0 aromatic carbocycles. The highest BCUT2D eigenvalue weighted by atomic mass is 16.4. The Balaban J connectivity index is 1.98. The van der Waals surface area contributed by atoms with E-state index < -0.39 is 5.97 Å². The van der Waals surface area contributed by atoms with Gasteiger partial charge in [-0.15, -0.1) is 0 Å². The molecule has 1 atom stereocenters. The molecule has 1 N–H and O–H groups in total. The lowest BCUT2D eigenvalue weighted by Crippen LogP contribution is -2.13. The monoisotopic (exact) mass is 310 g/mol. The number of carboxylic acids is 1. The molecular weight excluding hydrogens is 272 g/mol. The fourth-order valence-corrected chi connectivity index (χ4v) is 3.86. The second kappa shape index (κ2) is 13.0. The highest BCUT2D eigenvalue weighted by molar-refractivity contribution is 5.69. The van der Waals surface area contributed by atoms with Crippen LogP contribution in [-0.2, 0) is 4.79 Å². The van der Waals surface area contributed by atoms with E-state index in [-0.39, 0.29) is 5.92 Å². The van der Waals surface area contributed by atoms with Gasteiger partial charge in [0.05, 0.1) is 5.92 Å². The van der Waals surface area contributed by atoms with E-state index >= 15 is 0 Å². The SMILES string of the molecule is CCCCCCC(CCCCCCC1CCCCC1)C(=O)O. The lowest BCUT2D eigenvalue weighted by Gasteiger charge is -2.21. The van der Waals surface area contributed by atoms with Crippen LogP contribution < -0.4 is 0 Å². The lowest BCUT2D eigenvalue weighted by atomic mass is 9.85. The van der Waals surface area contributed by atoms with Crippen molar-refractivity contribution in [2.75, 3.05) is 0 Å². The summed E-state index contributed by atoms with van der Waals surface area (Å²) in [6.45, 7) is 2.20. The fraction of sp³-hybridized carbons (Fsp3) is 0.950. The zero-order chi connectivity index (χ0) is 16.0. The van der Waals surface area contributed by atoms with E-state index in [1.807, 2.05) is 0 Å². The first kappa shape index (κ1) is 19.5. The van der Waals surface area contributed by atoms with E-state index in [1.54, 1.807) is 0 Å². The normalized spacial score (nSPS) is 17.5. The first-order valence-corrected chi connectivity index (χ1v) is 9.96. The van der Waals surface area contributed by atoms with Crippen LogP contribution in [0, 0.1) is 11.8 Å². The maximum atomic E-state index is 11.3. The molecule has 2 nitrogen and oxygen atoms in total. The van der Waals surface area contributed by atoms with Gasteiger partial charge in [0.2, 0.25) is 0 Å². The zero-order valence-electron chi connectivity index (χ0n) is 14.8. The van der Waals surface area contributed by atoms with E-state index in [4.69, 9.17) is 0 Å². The molecule has 0 bridgehead atoms. The Hall–Kier alpha value is -0.530. The van der Waals surface area contributed by atoms with Gasteiger partial charge in [0.1, 0.15) is 0 Å². The third-order valence-electron chi connectivity index (χ3n) is 5.40. The standard InChI is InChI=1S/C20H38O2/c1-2-3-4-11-16-19(20(21)22)17-12-6-5-8-13-18-14-9-7-10-15-18/h18-19H,2-17H2,1H3,(H,21,22). The van der Waals surface area contributed by atoms with Crippen LogP contribution in [0.5, 0.6) is 0 Å². The minimum Gasteiger partial charge on any atom is -0.481 e. The summed E-state index contributed by atoms with van der Waals surface area (Å²) in [5.41, 5.74) is 0. The molecule has 2 heteroatoms. The summed E-state index contributed by atoms with van der Waals surface area (Å²) in [5, 5.41) is 9.30. The van der Waals surface area contributed by atoms with Gasteiger partial charge in [-0.25, -0.2) is 0 Å². The number of carbonyl (C=O) groups is 1. The smallest absolute Gasteiger partial charge is 0.306 e. The second-order valence-corrected chi connectivity index (χ2v) is 7.38. The van der Waals surface area contributed by atoms with Gasteiger partial charge in [0, 0.05) is 0 Å². The molecule has 22 heavy (non-hydrogen) atoms. The van der Waals surface area contributed by atoms with Gasteiger partial charge in [-0.05, 0) is 18.8 Å². The highest BCUT2D eigenvalue weighted by Gasteiger charge is 2.16. The van der Waals surface area contributed by atoms with Crippen molar-refractivity contribution in [3.05, 3.63) is 0 Å². The summed E-state index contributed by atoms with van der Waals surface area (Å²) in [6.07, 6.45) is 20.2. The summed E-state index contributed by atoms with van der Waals surface area (Å²) in [6, 6.07) is 0. The average molecular weight is 311 g/mol. The molecule has 0 heterocycles. The van der Waals surface area contributed by atoms with Crippen LogP contribution in [0.15, 0.2) is 0 Å². The van der Waals surface area contributed by atoms with E-state index in [9.17, 15) is 9.90 Å². The van der Waals surface area contributed by atoms with Crippen LogP contribution in [-0.4, -0.2) is 11.1 Å². The molecule has 1 aliphatic carbocycles. The van der Waals surface area contributed by atoms with E-state index in [1.165, 1.54) is 77.0 Å². The van der Waals surface area contributed by atoms with Crippen molar-refractivity contribution >= 4 is 5.97 Å². The molecule has 0 aromatic heterocycles. The Morgan fingerprint density at radius 1 is 0.909 bits per heavy atom. The van der Waals surface area contributed by atoms with Crippen molar-refractivity contribution < 1.29 is 9.90 Å². The summed E-state index contributed by atoms with van der Waals surface area (Å²) in [7, 11) is 0. The Labute approximate surface area is 138 Å². The molecule has 1 fully saturated rings. The van der Waals surface area contributed by atoms with Crippen molar-refractivity contribution in [3.8, 4) is 0 Å². The molecule has 1 aliphatic rings. The van der Waals surface area contributed by atoms with Gasteiger partial charge in [-0.2, -0.15) is 0 Å². The topological polar surface area (TPSA) is 37.3 Å². The van der Waals surface area contributed by atoms with Gasteiger partial charge in [0.15, 0.2) is 0 Å². The third-order valence-corrected chi connectivity index (χ3v) is 5.40. The largest absolute Gasteiger partial charge is 0.481 e. The van der Waals surface area contributed by atoms with Crippen LogP contribution in [0.2, 0.25) is 0 Å². The number of hydrogen-bond acceptors (Lipinski definition) is 1. The summed E-state index contributed by atoms with van der Waals surface area (Å²) in [5.74, 6) is 0.341. The minimum absolute atomic E-state index is 0.0878. The number of hydrogen-bond donors (Lipinski definition) is 1. The lowest BCUT2D eigenvalue weighted by molar-refractivity contribution is -0.142. The van der Waals surface area contributed by atoms with Crippen molar-refractivity contribution in [1.29, 1.82) is 0 Å². The Morgan fingerprint density at radius 3 is 2.09 bits per heavy atom. The first-order chi connectivity index (χ1) is 10.7. The molecule has 0 aliphatic heterocycles. The van der Waals surface area contributed by atoms with Gasteiger partial charge in [0.25, 0.3) is 0 Å². The molecule has 0 amide bonds. The highest BCUT2D eigenvalue weighted by Crippen LogP contribution is 2.28. The molecule has 1 saturated carbocycles. The summed E-state index contributed by atoms with van der Waals surface area (Å²) < 4.78 is 0. The molecule has 0 saturated heterocycles. The summed E-state index contributed by atoms with van der Waals surface area (Å²) in [4.78, 5) is 11.3. The number of aliphatic carboxylic acids is 1. The molecular formula is C20H38O2. The van der Waals surface area contributed by atoms with Crippen LogP contribution in [0.3, 0.4) is 0 Å². The summed E-state index contributed by atoms with van der Waals surface area (Å²) >= 11 is 0. The predicted octanol–water partition coefficient (Wildman–Crippen LogP) is 6.58. The van der Waals surface area contributed by atoms with Crippen LogP contribution >= 0.6 is 0 Å². The van der Waals surface area contributed by atoms with Crippen molar-refractivity contribution in [2.24, 2.45) is 11.8 Å². The molecule has 0 spiro atoms. The molecule has 0 aromatic rings. The van der Waals surface area contributed by atoms with Crippen LogP contribution in [0.1, 0.15) is 110 Å².